The molecule has 152 valence electrons. The van der Waals surface area contributed by atoms with E-state index in [4.69, 9.17) is 16.3 Å². The second-order valence-corrected chi connectivity index (χ2v) is 9.92. The summed E-state index contributed by atoms with van der Waals surface area (Å²) in [5.74, 6) is 0.786. The van der Waals surface area contributed by atoms with Crippen LogP contribution in [0.3, 0.4) is 0 Å². The average Bonchev–Trinajstić information content (AvgIpc) is 3.14. The number of pyridine rings is 1. The van der Waals surface area contributed by atoms with E-state index in [0.29, 0.717) is 37.2 Å². The fraction of sp³-hybridized carbons (Fsp3) is 0.562. The van der Waals surface area contributed by atoms with Crippen molar-refractivity contribution < 1.29 is 13.2 Å². The van der Waals surface area contributed by atoms with Crippen molar-refractivity contribution >= 4 is 39.0 Å². The van der Waals surface area contributed by atoms with E-state index in [2.05, 4.69) is 24.4 Å². The zero-order valence-corrected chi connectivity index (χ0v) is 17.6. The number of aromatic nitrogens is 3. The minimum absolute atomic E-state index is 0.225. The summed E-state index contributed by atoms with van der Waals surface area (Å²) >= 11 is 7.28. The van der Waals surface area contributed by atoms with Crippen molar-refractivity contribution in [2.45, 2.75) is 11.4 Å². The van der Waals surface area contributed by atoms with Crippen LogP contribution in [0.2, 0.25) is 4.34 Å². The highest BCUT2D eigenvalue weighted by atomic mass is 35.5. The van der Waals surface area contributed by atoms with E-state index in [9.17, 15) is 8.42 Å². The number of rotatable bonds is 5. The zero-order valence-electron chi connectivity index (χ0n) is 15.2. The summed E-state index contributed by atoms with van der Waals surface area (Å²) < 4.78 is 36.6. The van der Waals surface area contributed by atoms with Crippen LogP contribution in [-0.4, -0.2) is 84.7 Å². The third-order valence-corrected chi connectivity index (χ3v) is 7.77. The SMILES string of the molecule is O=S(=O)(c1ccc(N2CCN(Cc3nnsc3Cl)CC2)nc1)N1CCOCC1. The van der Waals surface area contributed by atoms with Crippen LogP contribution < -0.4 is 4.90 Å². The van der Waals surface area contributed by atoms with E-state index in [1.54, 1.807) is 12.1 Å². The largest absolute Gasteiger partial charge is 0.379 e. The molecule has 28 heavy (non-hydrogen) atoms. The van der Waals surface area contributed by atoms with Crippen LogP contribution in [0.4, 0.5) is 5.82 Å². The molecule has 0 aliphatic carbocycles. The van der Waals surface area contributed by atoms with Gasteiger partial charge < -0.3 is 9.64 Å². The van der Waals surface area contributed by atoms with Crippen LogP contribution in [0, 0.1) is 0 Å². The first-order valence-electron chi connectivity index (χ1n) is 9.02. The first-order valence-corrected chi connectivity index (χ1v) is 11.6. The van der Waals surface area contributed by atoms with Crippen molar-refractivity contribution in [2.24, 2.45) is 0 Å². The van der Waals surface area contributed by atoms with E-state index >= 15 is 0 Å². The van der Waals surface area contributed by atoms with Crippen molar-refractivity contribution in [3.63, 3.8) is 0 Å². The fourth-order valence-electron chi connectivity index (χ4n) is 3.29. The minimum Gasteiger partial charge on any atom is -0.379 e. The van der Waals surface area contributed by atoms with Gasteiger partial charge in [-0.1, -0.05) is 16.1 Å². The van der Waals surface area contributed by atoms with Gasteiger partial charge in [0.25, 0.3) is 0 Å². The molecule has 2 fully saturated rings. The molecular formula is C16H21ClN6O3S2. The molecule has 0 aromatic carbocycles. The summed E-state index contributed by atoms with van der Waals surface area (Å²) in [6.45, 7) is 5.61. The lowest BCUT2D eigenvalue weighted by Crippen LogP contribution is -2.46. The van der Waals surface area contributed by atoms with E-state index in [1.807, 2.05) is 0 Å². The molecule has 12 heteroatoms. The Morgan fingerprint density at radius 1 is 1.11 bits per heavy atom. The third kappa shape index (κ3) is 4.29. The molecule has 0 atom stereocenters. The smallest absolute Gasteiger partial charge is 0.244 e. The molecule has 2 aromatic heterocycles. The number of morpholine rings is 1. The monoisotopic (exact) mass is 444 g/mol. The van der Waals surface area contributed by atoms with E-state index in [1.165, 1.54) is 22.0 Å². The summed E-state index contributed by atoms with van der Waals surface area (Å²) in [5.41, 5.74) is 0.816. The first kappa shape index (κ1) is 19.9. The normalized spacial score (nSPS) is 19.8. The zero-order chi connectivity index (χ0) is 19.6. The molecule has 0 radical (unpaired) electrons. The van der Waals surface area contributed by atoms with Gasteiger partial charge in [0.1, 0.15) is 20.7 Å². The number of nitrogens with zero attached hydrogens (tertiary/aromatic N) is 6. The second-order valence-electron chi connectivity index (χ2n) is 6.63. The molecule has 9 nitrogen and oxygen atoms in total. The standard InChI is InChI=1S/C16H21ClN6O3S2/c17-16-14(19-20-27-16)12-21-3-5-22(6-4-21)15-2-1-13(11-18-15)28(24,25)23-7-9-26-10-8-23/h1-2,11H,3-10,12H2. The van der Waals surface area contributed by atoms with Gasteiger partial charge in [-0.25, -0.2) is 13.4 Å². The molecular weight excluding hydrogens is 424 g/mol. The van der Waals surface area contributed by atoms with E-state index in [-0.39, 0.29) is 4.90 Å². The fourth-order valence-corrected chi connectivity index (χ4v) is 5.25. The Labute approximate surface area is 173 Å². The minimum atomic E-state index is -3.51. The van der Waals surface area contributed by atoms with Gasteiger partial charge >= 0.3 is 0 Å². The lowest BCUT2D eigenvalue weighted by molar-refractivity contribution is 0.0730. The van der Waals surface area contributed by atoms with E-state index < -0.39 is 10.0 Å². The maximum absolute atomic E-state index is 12.7. The Morgan fingerprint density at radius 2 is 1.86 bits per heavy atom. The van der Waals surface area contributed by atoms with Gasteiger partial charge in [-0.15, -0.1) is 5.10 Å². The number of sulfonamides is 1. The summed E-state index contributed by atoms with van der Waals surface area (Å²) in [6, 6.07) is 3.42. The van der Waals surface area contributed by atoms with Crippen molar-refractivity contribution in [3.8, 4) is 0 Å². The van der Waals surface area contributed by atoms with Gasteiger partial charge in [-0.2, -0.15) is 4.31 Å². The summed E-state index contributed by atoms with van der Waals surface area (Å²) in [4.78, 5) is 9.06. The topological polar surface area (TPSA) is 91.8 Å². The Balaban J connectivity index is 1.36. The van der Waals surface area contributed by atoms with Gasteiger partial charge in [0.15, 0.2) is 0 Å². The molecule has 2 aliphatic rings. The number of hydrogen-bond acceptors (Lipinski definition) is 9. The van der Waals surface area contributed by atoms with Crippen LogP contribution in [0.1, 0.15) is 5.69 Å². The Bertz CT molecular complexity index is 893. The summed E-state index contributed by atoms with van der Waals surface area (Å²) in [7, 11) is -3.51. The lowest BCUT2D eigenvalue weighted by Gasteiger charge is -2.35. The number of anilines is 1. The maximum atomic E-state index is 12.7. The molecule has 0 bridgehead atoms. The van der Waals surface area contributed by atoms with Crippen molar-refractivity contribution in [1.82, 2.24) is 23.8 Å². The molecule has 2 saturated heterocycles. The van der Waals surface area contributed by atoms with Crippen molar-refractivity contribution in [2.75, 3.05) is 57.4 Å². The molecule has 4 rings (SSSR count). The molecule has 4 heterocycles. The number of piperazine rings is 1. The Morgan fingerprint density at radius 3 is 2.46 bits per heavy atom. The molecule has 0 unspecified atom stereocenters. The number of halogens is 1. The van der Waals surface area contributed by atoms with Gasteiger partial charge in [0.05, 0.1) is 13.2 Å². The predicted octanol–water partition coefficient (Wildman–Crippen LogP) is 0.930. The van der Waals surface area contributed by atoms with Crippen molar-refractivity contribution in [1.29, 1.82) is 0 Å². The van der Waals surface area contributed by atoms with Crippen LogP contribution in [0.15, 0.2) is 23.2 Å². The summed E-state index contributed by atoms with van der Waals surface area (Å²) in [5, 5.41) is 4.06. The molecule has 2 aromatic rings. The molecule has 2 aliphatic heterocycles. The summed E-state index contributed by atoms with van der Waals surface area (Å²) in [6.07, 6.45) is 1.45. The average molecular weight is 445 g/mol. The number of hydrogen-bond donors (Lipinski definition) is 0. The molecule has 0 amide bonds. The molecule has 0 N–H and O–H groups in total. The van der Waals surface area contributed by atoms with Crippen LogP contribution in [-0.2, 0) is 21.3 Å². The second kappa shape index (κ2) is 8.56. The number of ether oxygens (including phenoxy) is 1. The third-order valence-electron chi connectivity index (χ3n) is 4.91. The van der Waals surface area contributed by atoms with Crippen LogP contribution in [0.5, 0.6) is 0 Å². The van der Waals surface area contributed by atoms with Gasteiger partial charge in [-0.05, 0) is 12.1 Å². The van der Waals surface area contributed by atoms with Gasteiger partial charge in [0, 0.05) is 63.5 Å². The maximum Gasteiger partial charge on any atom is 0.244 e. The quantitative estimate of drug-likeness (QED) is 0.672. The first-order chi connectivity index (χ1) is 13.5. The van der Waals surface area contributed by atoms with Gasteiger partial charge in [-0.3, -0.25) is 4.90 Å². The Kier molecular flexibility index (Phi) is 6.09. The predicted molar refractivity (Wildman–Crippen MR) is 106 cm³/mol. The highest BCUT2D eigenvalue weighted by molar-refractivity contribution is 7.89. The van der Waals surface area contributed by atoms with E-state index in [0.717, 1.165) is 37.7 Å². The van der Waals surface area contributed by atoms with Gasteiger partial charge in [0.2, 0.25) is 10.0 Å². The molecule has 0 spiro atoms. The van der Waals surface area contributed by atoms with Crippen molar-refractivity contribution in [3.05, 3.63) is 28.4 Å². The molecule has 0 saturated carbocycles. The highest BCUT2D eigenvalue weighted by Gasteiger charge is 2.27. The highest BCUT2D eigenvalue weighted by Crippen LogP contribution is 2.22. The van der Waals surface area contributed by atoms with Crippen LogP contribution in [0.25, 0.3) is 0 Å². The van der Waals surface area contributed by atoms with Crippen LogP contribution >= 0.6 is 23.1 Å². The lowest BCUT2D eigenvalue weighted by atomic mass is 10.3. The Hall–Kier alpha value is -1.37.